The smallest absolute Gasteiger partial charge is 0.333 e. The third kappa shape index (κ3) is 5.95. The molecule has 1 aromatic rings. The van der Waals surface area contributed by atoms with Crippen molar-refractivity contribution in [2.24, 2.45) is 0 Å². The molecule has 0 aromatic heterocycles. The average Bonchev–Trinajstić information content (AvgIpc) is 2.46. The summed E-state index contributed by atoms with van der Waals surface area (Å²) >= 11 is 0. The van der Waals surface area contributed by atoms with Crippen LogP contribution >= 0.6 is 0 Å². The van der Waals surface area contributed by atoms with Gasteiger partial charge in [0.15, 0.2) is 0 Å². The van der Waals surface area contributed by atoms with Crippen molar-refractivity contribution in [3.63, 3.8) is 0 Å². The molecular weight excluding hydrogens is 275 g/mol. The highest BCUT2D eigenvalue weighted by atomic mass is 19.1. The van der Waals surface area contributed by atoms with E-state index in [1.165, 1.54) is 12.1 Å². The third-order valence-corrected chi connectivity index (χ3v) is 3.23. The molecular formula is C16H21FO4. The lowest BCUT2D eigenvalue weighted by atomic mass is 10.0. The van der Waals surface area contributed by atoms with Gasteiger partial charge >= 0.3 is 5.97 Å². The minimum atomic E-state index is -1.08. The topological polar surface area (TPSA) is 66.8 Å². The molecule has 116 valence electrons. The monoisotopic (exact) mass is 296 g/mol. The molecule has 1 aromatic carbocycles. The second-order valence-electron chi connectivity index (χ2n) is 4.75. The number of hydrogen-bond donors (Lipinski definition) is 2. The van der Waals surface area contributed by atoms with E-state index in [2.05, 4.69) is 0 Å². The molecule has 0 aliphatic rings. The van der Waals surface area contributed by atoms with E-state index in [0.29, 0.717) is 12.2 Å². The van der Waals surface area contributed by atoms with Gasteiger partial charge in [0, 0.05) is 0 Å². The lowest BCUT2D eigenvalue weighted by Crippen LogP contribution is -2.04. The second-order valence-corrected chi connectivity index (χ2v) is 4.75. The predicted octanol–water partition coefficient (Wildman–Crippen LogP) is 2.94. The van der Waals surface area contributed by atoms with Gasteiger partial charge in [-0.2, -0.15) is 0 Å². The lowest BCUT2D eigenvalue weighted by Gasteiger charge is -2.08. The minimum Gasteiger partial charge on any atom is -0.496 e. The number of hydrogen-bond acceptors (Lipinski definition) is 3. The number of allylic oxidation sites excluding steroid dienone is 1. The standard InChI is InChI=1S/C16H21FO4/c1-21-15-9-8-14(17)10-12(15)6-4-2-3-5-7-13(11-18)16(19)20/h7-10,18H,2-6,11H2,1H3,(H,19,20). The number of carboxylic acids is 1. The van der Waals surface area contributed by atoms with Gasteiger partial charge in [-0.3, -0.25) is 0 Å². The minimum absolute atomic E-state index is 0.0294. The van der Waals surface area contributed by atoms with E-state index < -0.39 is 12.6 Å². The van der Waals surface area contributed by atoms with E-state index in [4.69, 9.17) is 14.9 Å². The van der Waals surface area contributed by atoms with Gasteiger partial charge in [0.05, 0.1) is 19.3 Å². The van der Waals surface area contributed by atoms with Gasteiger partial charge < -0.3 is 14.9 Å². The number of aliphatic hydroxyl groups is 1. The number of ether oxygens (including phenoxy) is 1. The Balaban J connectivity index is 2.35. The number of carboxylic acid groups (broad SMARTS) is 1. The normalized spacial score (nSPS) is 11.5. The van der Waals surface area contributed by atoms with Gasteiger partial charge in [0.1, 0.15) is 11.6 Å². The van der Waals surface area contributed by atoms with E-state index in [-0.39, 0.29) is 11.4 Å². The Morgan fingerprint density at radius 1 is 1.33 bits per heavy atom. The molecule has 0 aliphatic carbocycles. The Morgan fingerprint density at radius 3 is 2.71 bits per heavy atom. The summed E-state index contributed by atoms with van der Waals surface area (Å²) in [5, 5.41) is 17.6. The van der Waals surface area contributed by atoms with Crippen LogP contribution in [0.15, 0.2) is 29.8 Å². The first-order valence-electron chi connectivity index (χ1n) is 6.94. The number of aliphatic carboxylic acids is 1. The largest absolute Gasteiger partial charge is 0.496 e. The zero-order chi connectivity index (χ0) is 15.7. The Morgan fingerprint density at radius 2 is 2.10 bits per heavy atom. The molecule has 0 heterocycles. The number of unbranched alkanes of at least 4 members (excludes halogenated alkanes) is 3. The molecule has 0 aliphatic heterocycles. The van der Waals surface area contributed by atoms with Crippen molar-refractivity contribution >= 4 is 5.97 Å². The molecule has 21 heavy (non-hydrogen) atoms. The highest BCUT2D eigenvalue weighted by Crippen LogP contribution is 2.21. The van der Waals surface area contributed by atoms with Crippen molar-refractivity contribution in [1.82, 2.24) is 0 Å². The Labute approximate surface area is 123 Å². The highest BCUT2D eigenvalue weighted by molar-refractivity contribution is 5.86. The Hall–Kier alpha value is -1.88. The van der Waals surface area contributed by atoms with Crippen LogP contribution in [-0.4, -0.2) is 29.9 Å². The van der Waals surface area contributed by atoms with Gasteiger partial charge in [-0.15, -0.1) is 0 Å². The van der Waals surface area contributed by atoms with Crippen molar-refractivity contribution < 1.29 is 24.1 Å². The van der Waals surface area contributed by atoms with Crippen molar-refractivity contribution in [3.05, 3.63) is 41.2 Å². The molecule has 0 spiro atoms. The number of aryl methyl sites for hydroxylation is 1. The molecule has 0 amide bonds. The number of rotatable bonds is 9. The van der Waals surface area contributed by atoms with E-state index in [9.17, 15) is 9.18 Å². The van der Waals surface area contributed by atoms with Crippen molar-refractivity contribution in [3.8, 4) is 5.75 Å². The van der Waals surface area contributed by atoms with Gasteiger partial charge in [0.25, 0.3) is 0 Å². The molecule has 4 nitrogen and oxygen atoms in total. The van der Waals surface area contributed by atoms with Crippen LogP contribution in [0.2, 0.25) is 0 Å². The summed E-state index contributed by atoms with van der Waals surface area (Å²) in [5.74, 6) is -0.672. The lowest BCUT2D eigenvalue weighted by molar-refractivity contribution is -0.133. The third-order valence-electron chi connectivity index (χ3n) is 3.23. The van der Waals surface area contributed by atoms with Crippen LogP contribution < -0.4 is 4.74 Å². The number of aliphatic hydroxyl groups excluding tert-OH is 1. The first-order chi connectivity index (χ1) is 10.1. The molecule has 1 rings (SSSR count). The molecule has 0 saturated heterocycles. The quantitative estimate of drug-likeness (QED) is 0.543. The summed E-state index contributed by atoms with van der Waals surface area (Å²) in [7, 11) is 1.56. The number of benzene rings is 1. The molecule has 0 unspecified atom stereocenters. The van der Waals surface area contributed by atoms with Crippen molar-refractivity contribution in [2.75, 3.05) is 13.7 Å². The fourth-order valence-corrected chi connectivity index (χ4v) is 2.07. The fraction of sp³-hybridized carbons (Fsp3) is 0.438. The fourth-order valence-electron chi connectivity index (χ4n) is 2.07. The zero-order valence-electron chi connectivity index (χ0n) is 12.1. The van der Waals surface area contributed by atoms with Gasteiger partial charge in [0.2, 0.25) is 0 Å². The summed E-state index contributed by atoms with van der Waals surface area (Å²) < 4.78 is 18.4. The van der Waals surface area contributed by atoms with Crippen LogP contribution in [0.1, 0.15) is 31.2 Å². The highest BCUT2D eigenvalue weighted by Gasteiger charge is 2.05. The van der Waals surface area contributed by atoms with Crippen LogP contribution in [0.3, 0.4) is 0 Å². The van der Waals surface area contributed by atoms with Gasteiger partial charge in [-0.05, 0) is 49.4 Å². The maximum Gasteiger partial charge on any atom is 0.333 e. The molecule has 0 fully saturated rings. The molecule has 0 radical (unpaired) electrons. The summed E-state index contributed by atoms with van der Waals surface area (Å²) in [6, 6.07) is 4.47. The predicted molar refractivity (Wildman–Crippen MR) is 77.9 cm³/mol. The van der Waals surface area contributed by atoms with Crippen LogP contribution in [0.4, 0.5) is 4.39 Å². The Kier molecular flexibility index (Phi) is 7.46. The van der Waals surface area contributed by atoms with Crippen LogP contribution in [0, 0.1) is 5.82 Å². The van der Waals surface area contributed by atoms with Crippen molar-refractivity contribution in [2.45, 2.75) is 32.1 Å². The van der Waals surface area contributed by atoms with Gasteiger partial charge in [-0.25, -0.2) is 9.18 Å². The SMILES string of the molecule is COc1ccc(F)cc1CCCCCC=C(CO)C(=O)O. The van der Waals surface area contributed by atoms with E-state index in [1.807, 2.05) is 0 Å². The number of methoxy groups -OCH3 is 1. The van der Waals surface area contributed by atoms with Crippen molar-refractivity contribution in [1.29, 1.82) is 0 Å². The Bertz CT molecular complexity index is 497. The average molecular weight is 296 g/mol. The number of halogens is 1. The summed E-state index contributed by atoms with van der Waals surface area (Å²) in [4.78, 5) is 10.7. The van der Waals surface area contributed by atoms with Crippen LogP contribution in [0.5, 0.6) is 5.75 Å². The maximum absolute atomic E-state index is 13.2. The van der Waals surface area contributed by atoms with E-state index in [0.717, 1.165) is 31.2 Å². The number of carbonyl (C=O) groups is 1. The second kappa shape index (κ2) is 9.13. The van der Waals surface area contributed by atoms with Gasteiger partial charge in [-0.1, -0.05) is 12.5 Å². The van der Waals surface area contributed by atoms with Crippen LogP contribution in [0.25, 0.3) is 0 Å². The molecule has 0 atom stereocenters. The zero-order valence-corrected chi connectivity index (χ0v) is 12.1. The molecule has 0 bridgehead atoms. The summed E-state index contributed by atoms with van der Waals surface area (Å²) in [6.07, 6.45) is 5.47. The van der Waals surface area contributed by atoms with E-state index >= 15 is 0 Å². The van der Waals surface area contributed by atoms with Crippen LogP contribution in [-0.2, 0) is 11.2 Å². The summed E-state index contributed by atoms with van der Waals surface area (Å²) in [6.45, 7) is -0.449. The maximum atomic E-state index is 13.2. The first-order valence-corrected chi connectivity index (χ1v) is 6.94. The molecule has 2 N–H and O–H groups in total. The molecule has 0 saturated carbocycles. The molecule has 5 heteroatoms. The van der Waals surface area contributed by atoms with E-state index in [1.54, 1.807) is 19.3 Å². The first kappa shape index (κ1) is 17.2. The summed E-state index contributed by atoms with van der Waals surface area (Å²) in [5.41, 5.74) is 0.872.